The second-order valence-corrected chi connectivity index (χ2v) is 1.58. The number of rotatable bonds is 4. The van der Waals surface area contributed by atoms with Crippen LogP contribution in [0.2, 0.25) is 0 Å². The third kappa shape index (κ3) is 6.73. The molecule has 0 aromatic rings. The van der Waals surface area contributed by atoms with E-state index in [1.807, 2.05) is 0 Å². The average molecular weight is 139 g/mol. The molecular weight excluding hydrogens is 130 g/mol. The highest BCUT2D eigenvalue weighted by atomic mass is 16.4. The molecule has 3 heteroatoms. The van der Waals surface area contributed by atoms with Crippen molar-refractivity contribution < 1.29 is 9.90 Å². The summed E-state index contributed by atoms with van der Waals surface area (Å²) >= 11 is 0. The molecule has 54 valence electrons. The van der Waals surface area contributed by atoms with Gasteiger partial charge in [0.25, 0.3) is 0 Å². The normalized spacial score (nSPS) is 9.50. The van der Waals surface area contributed by atoms with E-state index < -0.39 is 5.97 Å². The minimum atomic E-state index is -0.942. The van der Waals surface area contributed by atoms with Gasteiger partial charge < -0.3 is 10.4 Å². The van der Waals surface area contributed by atoms with E-state index in [1.54, 1.807) is 0 Å². The molecule has 0 aromatic carbocycles. The highest BCUT2D eigenvalue weighted by molar-refractivity contribution is 5.79. The van der Waals surface area contributed by atoms with Gasteiger partial charge in [-0.1, -0.05) is 12.0 Å². The number of carboxylic acid groups (broad SMARTS) is 1. The molecule has 0 unspecified atom stereocenters. The molecule has 0 radical (unpaired) electrons. The van der Waals surface area contributed by atoms with Crippen molar-refractivity contribution in [2.24, 2.45) is 0 Å². The molecule has 0 amide bonds. The molecule has 0 saturated carbocycles. The Kier molecular flexibility index (Phi) is 5.12. The van der Waals surface area contributed by atoms with Crippen LogP contribution in [0.4, 0.5) is 0 Å². The number of hydrogen-bond donors (Lipinski definition) is 2. The summed E-state index contributed by atoms with van der Waals surface area (Å²) in [6, 6.07) is 0. The number of terminal acetylenes is 1. The molecule has 0 atom stereocenters. The first-order valence-electron chi connectivity index (χ1n) is 2.81. The highest BCUT2D eigenvalue weighted by Crippen LogP contribution is 1.69. The van der Waals surface area contributed by atoms with Gasteiger partial charge in [-0.25, -0.2) is 4.79 Å². The molecule has 0 heterocycles. The summed E-state index contributed by atoms with van der Waals surface area (Å²) in [6.45, 7) is 0.959. The number of nitrogens with one attached hydrogen (secondary N) is 1. The average Bonchev–Trinajstić information content (AvgIpc) is 1.87. The van der Waals surface area contributed by atoms with Gasteiger partial charge in [-0.3, -0.25) is 0 Å². The summed E-state index contributed by atoms with van der Waals surface area (Å²) in [6.07, 6.45) is 7.49. The highest BCUT2D eigenvalue weighted by Gasteiger charge is 1.82. The largest absolute Gasteiger partial charge is 0.478 e. The molecule has 0 fully saturated rings. The summed E-state index contributed by atoms with van der Waals surface area (Å²) in [5.41, 5.74) is 0. The Morgan fingerprint density at radius 2 is 2.50 bits per heavy atom. The lowest BCUT2D eigenvalue weighted by Crippen LogP contribution is -2.13. The Balaban J connectivity index is 3.20. The van der Waals surface area contributed by atoms with Gasteiger partial charge in [0.1, 0.15) is 0 Å². The van der Waals surface area contributed by atoms with Gasteiger partial charge in [0.15, 0.2) is 0 Å². The zero-order valence-electron chi connectivity index (χ0n) is 5.50. The minimum absolute atomic E-state index is 0.462. The molecule has 0 aliphatic rings. The Morgan fingerprint density at radius 1 is 1.80 bits per heavy atom. The molecular formula is C7H9NO2. The Labute approximate surface area is 59.7 Å². The van der Waals surface area contributed by atoms with Crippen LogP contribution in [0.25, 0.3) is 0 Å². The molecule has 0 bridgehead atoms. The zero-order chi connectivity index (χ0) is 7.82. The third-order valence-electron chi connectivity index (χ3n) is 0.750. The Hall–Kier alpha value is -1.27. The third-order valence-corrected chi connectivity index (χ3v) is 0.750. The van der Waals surface area contributed by atoms with Crippen molar-refractivity contribution >= 4 is 5.97 Å². The van der Waals surface area contributed by atoms with E-state index in [2.05, 4.69) is 11.2 Å². The maximum Gasteiger partial charge on any atom is 0.328 e. The number of aliphatic carboxylic acids is 1. The van der Waals surface area contributed by atoms with E-state index in [0.29, 0.717) is 13.1 Å². The van der Waals surface area contributed by atoms with Gasteiger partial charge in [0, 0.05) is 12.6 Å². The lowest BCUT2D eigenvalue weighted by atomic mass is 10.5. The van der Waals surface area contributed by atoms with Crippen LogP contribution in [-0.2, 0) is 4.79 Å². The van der Waals surface area contributed by atoms with Gasteiger partial charge in [-0.2, -0.15) is 0 Å². The Bertz CT molecular complexity index is 167. The second-order valence-electron chi connectivity index (χ2n) is 1.58. The van der Waals surface area contributed by atoms with Crippen LogP contribution in [0, 0.1) is 12.3 Å². The Morgan fingerprint density at radius 3 is 3.00 bits per heavy atom. The van der Waals surface area contributed by atoms with Gasteiger partial charge in [0.2, 0.25) is 0 Å². The lowest BCUT2D eigenvalue weighted by molar-refractivity contribution is -0.131. The number of carboxylic acids is 1. The monoisotopic (exact) mass is 139 g/mol. The summed E-state index contributed by atoms with van der Waals surface area (Å²) in [7, 11) is 0. The van der Waals surface area contributed by atoms with Gasteiger partial charge in [-0.15, -0.1) is 6.42 Å². The second kappa shape index (κ2) is 5.86. The molecule has 0 aromatic heterocycles. The van der Waals surface area contributed by atoms with Crippen molar-refractivity contribution in [1.29, 1.82) is 0 Å². The smallest absolute Gasteiger partial charge is 0.328 e. The van der Waals surface area contributed by atoms with Crippen molar-refractivity contribution in [3.63, 3.8) is 0 Å². The fourth-order valence-electron chi connectivity index (χ4n) is 0.387. The van der Waals surface area contributed by atoms with Crippen LogP contribution < -0.4 is 5.32 Å². The minimum Gasteiger partial charge on any atom is -0.478 e. The maximum atomic E-state index is 9.88. The standard InChI is InChI=1S/C7H9NO2/c1-2-5-8-6-3-4-7(9)10/h1,3-4,8H,5-6H2,(H,9,10)/b4-3+. The van der Waals surface area contributed by atoms with Crippen LogP contribution in [-0.4, -0.2) is 24.2 Å². The van der Waals surface area contributed by atoms with E-state index in [-0.39, 0.29) is 0 Å². The van der Waals surface area contributed by atoms with Crippen LogP contribution in [0.5, 0.6) is 0 Å². The van der Waals surface area contributed by atoms with Crippen LogP contribution in [0.15, 0.2) is 12.2 Å². The van der Waals surface area contributed by atoms with E-state index in [9.17, 15) is 4.79 Å². The topological polar surface area (TPSA) is 49.3 Å². The fourth-order valence-corrected chi connectivity index (χ4v) is 0.387. The molecule has 10 heavy (non-hydrogen) atoms. The fraction of sp³-hybridized carbons (Fsp3) is 0.286. The summed E-state index contributed by atoms with van der Waals surface area (Å²) in [4.78, 5) is 9.88. The van der Waals surface area contributed by atoms with Gasteiger partial charge in [-0.05, 0) is 0 Å². The van der Waals surface area contributed by atoms with E-state index in [0.717, 1.165) is 6.08 Å². The molecule has 0 spiro atoms. The molecule has 0 aliphatic carbocycles. The van der Waals surface area contributed by atoms with Crippen molar-refractivity contribution in [3.05, 3.63) is 12.2 Å². The van der Waals surface area contributed by atoms with E-state index in [4.69, 9.17) is 11.5 Å². The molecule has 3 nitrogen and oxygen atoms in total. The van der Waals surface area contributed by atoms with Gasteiger partial charge >= 0.3 is 5.97 Å². The summed E-state index contributed by atoms with van der Waals surface area (Å²) in [5, 5.41) is 10.9. The van der Waals surface area contributed by atoms with E-state index >= 15 is 0 Å². The predicted octanol–water partition coefficient (Wildman–Crippen LogP) is -0.150. The molecule has 0 aliphatic heterocycles. The number of carbonyl (C=O) groups is 1. The van der Waals surface area contributed by atoms with Crippen LogP contribution in [0.3, 0.4) is 0 Å². The summed E-state index contributed by atoms with van der Waals surface area (Å²) in [5.74, 6) is 1.42. The quantitative estimate of drug-likeness (QED) is 0.323. The first kappa shape index (κ1) is 8.73. The lowest BCUT2D eigenvalue weighted by Gasteiger charge is -1.90. The van der Waals surface area contributed by atoms with Crippen molar-refractivity contribution in [3.8, 4) is 12.3 Å². The van der Waals surface area contributed by atoms with Crippen molar-refractivity contribution in [2.75, 3.05) is 13.1 Å². The zero-order valence-corrected chi connectivity index (χ0v) is 5.50. The van der Waals surface area contributed by atoms with E-state index in [1.165, 1.54) is 6.08 Å². The van der Waals surface area contributed by atoms with Crippen LogP contribution in [0.1, 0.15) is 0 Å². The number of hydrogen-bond acceptors (Lipinski definition) is 2. The SMILES string of the molecule is C#CCNC/C=C/C(=O)O. The van der Waals surface area contributed by atoms with Crippen molar-refractivity contribution in [2.45, 2.75) is 0 Å². The summed E-state index contributed by atoms with van der Waals surface area (Å²) < 4.78 is 0. The molecule has 0 saturated heterocycles. The first-order chi connectivity index (χ1) is 4.77. The van der Waals surface area contributed by atoms with Crippen LogP contribution >= 0.6 is 0 Å². The van der Waals surface area contributed by atoms with Crippen molar-refractivity contribution in [1.82, 2.24) is 5.32 Å². The van der Waals surface area contributed by atoms with Gasteiger partial charge in [0.05, 0.1) is 6.54 Å². The molecule has 2 N–H and O–H groups in total. The molecule has 0 rings (SSSR count). The predicted molar refractivity (Wildman–Crippen MR) is 38.5 cm³/mol. The maximum absolute atomic E-state index is 9.88. The first-order valence-corrected chi connectivity index (χ1v) is 2.81.